The van der Waals surface area contributed by atoms with Gasteiger partial charge in [-0.3, -0.25) is 0 Å². The van der Waals surface area contributed by atoms with Crippen LogP contribution in [0.15, 0.2) is 0 Å². The first-order chi connectivity index (χ1) is 10.4. The van der Waals surface area contributed by atoms with Crippen LogP contribution >= 0.6 is 0 Å². The molecule has 0 aliphatic carbocycles. The molecule has 0 aromatic rings. The summed E-state index contributed by atoms with van der Waals surface area (Å²) >= 11 is 0. The molecule has 0 bridgehead atoms. The fraction of sp³-hybridized carbons (Fsp3) is 1.00. The lowest BCUT2D eigenvalue weighted by molar-refractivity contribution is 0.0571. The summed E-state index contributed by atoms with van der Waals surface area (Å²) < 4.78 is 5.52. The predicted octanol–water partition coefficient (Wildman–Crippen LogP) is 5.48. The van der Waals surface area contributed by atoms with E-state index in [2.05, 4.69) is 6.92 Å². The molecule has 0 aromatic heterocycles. The summed E-state index contributed by atoms with van der Waals surface area (Å²) in [6.07, 6.45) is 19.5. The average molecular weight is 299 g/mol. The second-order valence-corrected chi connectivity index (χ2v) is 6.92. The molecule has 126 valence electrons. The summed E-state index contributed by atoms with van der Waals surface area (Å²) in [5, 5.41) is 9.03. The highest BCUT2D eigenvalue weighted by Crippen LogP contribution is 2.24. The van der Waals surface area contributed by atoms with Crippen molar-refractivity contribution in [3.8, 4) is 0 Å². The van der Waals surface area contributed by atoms with Gasteiger partial charge in [-0.25, -0.2) is 0 Å². The highest BCUT2D eigenvalue weighted by atomic mass is 16.5. The van der Waals surface area contributed by atoms with Gasteiger partial charge in [0.05, 0.1) is 12.7 Å². The molecule has 1 fully saturated rings. The van der Waals surface area contributed by atoms with E-state index in [1.165, 1.54) is 83.5 Å². The van der Waals surface area contributed by atoms with Gasteiger partial charge < -0.3 is 9.84 Å². The normalized spacial score (nSPS) is 22.0. The summed E-state index contributed by atoms with van der Waals surface area (Å²) in [6.45, 7) is 3.36. The summed E-state index contributed by atoms with van der Waals surface area (Å²) in [6, 6.07) is 0. The maximum absolute atomic E-state index is 9.03. The number of rotatable bonds is 14. The molecule has 2 atom stereocenters. The van der Waals surface area contributed by atoms with Crippen LogP contribution in [0.25, 0.3) is 0 Å². The Labute approximate surface area is 132 Å². The molecule has 1 saturated heterocycles. The molecule has 1 aliphatic heterocycles. The Morgan fingerprint density at radius 2 is 1.33 bits per heavy atom. The van der Waals surface area contributed by atoms with Crippen LogP contribution in [0.3, 0.4) is 0 Å². The second kappa shape index (κ2) is 13.6. The third-order valence-corrected chi connectivity index (χ3v) is 4.83. The van der Waals surface area contributed by atoms with Crippen molar-refractivity contribution in [2.75, 3.05) is 13.2 Å². The largest absolute Gasteiger partial charge is 0.394 e. The Kier molecular flexibility index (Phi) is 12.3. The number of aliphatic hydroxyl groups is 1. The Morgan fingerprint density at radius 3 is 1.81 bits per heavy atom. The molecule has 0 radical (unpaired) electrons. The van der Waals surface area contributed by atoms with Gasteiger partial charge in [0.1, 0.15) is 0 Å². The van der Waals surface area contributed by atoms with Crippen molar-refractivity contribution in [2.24, 2.45) is 5.92 Å². The van der Waals surface area contributed by atoms with Crippen LogP contribution in [0.1, 0.15) is 96.8 Å². The average Bonchev–Trinajstić information content (AvgIpc) is 2.96. The highest BCUT2D eigenvalue weighted by Gasteiger charge is 2.23. The molecule has 21 heavy (non-hydrogen) atoms. The van der Waals surface area contributed by atoms with Gasteiger partial charge in [0, 0.05) is 6.61 Å². The van der Waals surface area contributed by atoms with Crippen molar-refractivity contribution in [1.29, 1.82) is 0 Å². The Balaban J connectivity index is 1.73. The van der Waals surface area contributed by atoms with Gasteiger partial charge >= 0.3 is 0 Å². The Morgan fingerprint density at radius 1 is 0.810 bits per heavy atom. The molecule has 0 aromatic carbocycles. The van der Waals surface area contributed by atoms with E-state index in [1.54, 1.807) is 0 Å². The van der Waals surface area contributed by atoms with E-state index in [0.29, 0.717) is 5.92 Å². The molecule has 2 nitrogen and oxygen atoms in total. The number of aliphatic hydroxyl groups excluding tert-OH is 1. The van der Waals surface area contributed by atoms with Gasteiger partial charge in [-0.1, -0.05) is 84.0 Å². The quantitative estimate of drug-likeness (QED) is 0.431. The maximum Gasteiger partial charge on any atom is 0.0809 e. The van der Waals surface area contributed by atoms with E-state index in [1.807, 2.05) is 0 Å². The Hall–Kier alpha value is -0.0800. The van der Waals surface area contributed by atoms with Crippen molar-refractivity contribution in [2.45, 2.75) is 103 Å². The fourth-order valence-corrected chi connectivity index (χ4v) is 3.38. The van der Waals surface area contributed by atoms with E-state index in [4.69, 9.17) is 9.84 Å². The van der Waals surface area contributed by atoms with Crippen LogP contribution in [-0.2, 0) is 4.74 Å². The molecule has 2 heteroatoms. The van der Waals surface area contributed by atoms with Crippen molar-refractivity contribution in [1.82, 2.24) is 0 Å². The smallest absolute Gasteiger partial charge is 0.0809 e. The number of hydrogen-bond donors (Lipinski definition) is 1. The van der Waals surface area contributed by atoms with Crippen LogP contribution in [0.2, 0.25) is 0 Å². The summed E-state index contributed by atoms with van der Waals surface area (Å²) in [5.74, 6) is 0.713. The van der Waals surface area contributed by atoms with Gasteiger partial charge in [-0.2, -0.15) is 0 Å². The molecule has 1 rings (SSSR count). The summed E-state index contributed by atoms with van der Waals surface area (Å²) in [7, 11) is 0. The molecule has 0 unspecified atom stereocenters. The number of hydrogen-bond acceptors (Lipinski definition) is 2. The predicted molar refractivity (Wildman–Crippen MR) is 90.6 cm³/mol. The van der Waals surface area contributed by atoms with Crippen LogP contribution < -0.4 is 0 Å². The minimum absolute atomic E-state index is 0.132. The first kappa shape index (κ1) is 19.0. The SMILES string of the molecule is CCCCCCCCCCCCCC[C@@H]1CO[C@@H](CO)C1. The van der Waals surface area contributed by atoms with Gasteiger partial charge in [-0.05, 0) is 18.8 Å². The van der Waals surface area contributed by atoms with E-state index < -0.39 is 0 Å². The lowest BCUT2D eigenvalue weighted by Gasteiger charge is -2.07. The van der Waals surface area contributed by atoms with Gasteiger partial charge in [-0.15, -0.1) is 0 Å². The molecule has 1 heterocycles. The fourth-order valence-electron chi connectivity index (χ4n) is 3.38. The lowest BCUT2D eigenvalue weighted by Crippen LogP contribution is -2.09. The van der Waals surface area contributed by atoms with Crippen LogP contribution in [-0.4, -0.2) is 24.4 Å². The lowest BCUT2D eigenvalue weighted by atomic mass is 9.97. The van der Waals surface area contributed by atoms with Crippen LogP contribution in [0.5, 0.6) is 0 Å². The van der Waals surface area contributed by atoms with Crippen molar-refractivity contribution >= 4 is 0 Å². The van der Waals surface area contributed by atoms with E-state index in [0.717, 1.165) is 13.0 Å². The molecule has 1 N–H and O–H groups in total. The van der Waals surface area contributed by atoms with Crippen molar-refractivity contribution in [3.63, 3.8) is 0 Å². The van der Waals surface area contributed by atoms with Gasteiger partial charge in [0.2, 0.25) is 0 Å². The zero-order chi connectivity index (χ0) is 15.2. The number of unbranched alkanes of at least 4 members (excludes halogenated alkanes) is 11. The topological polar surface area (TPSA) is 29.5 Å². The monoisotopic (exact) mass is 298 g/mol. The van der Waals surface area contributed by atoms with E-state index in [-0.39, 0.29) is 12.7 Å². The third-order valence-electron chi connectivity index (χ3n) is 4.83. The molecule has 0 saturated carbocycles. The number of ether oxygens (including phenoxy) is 1. The van der Waals surface area contributed by atoms with Gasteiger partial charge in [0.15, 0.2) is 0 Å². The van der Waals surface area contributed by atoms with Crippen LogP contribution in [0.4, 0.5) is 0 Å². The molecular formula is C19H38O2. The molecule has 0 spiro atoms. The van der Waals surface area contributed by atoms with E-state index in [9.17, 15) is 0 Å². The zero-order valence-electron chi connectivity index (χ0n) is 14.3. The first-order valence-corrected chi connectivity index (χ1v) is 9.59. The molecule has 0 amide bonds. The maximum atomic E-state index is 9.03. The minimum atomic E-state index is 0.132. The molecular weight excluding hydrogens is 260 g/mol. The first-order valence-electron chi connectivity index (χ1n) is 9.59. The second-order valence-electron chi connectivity index (χ2n) is 6.92. The van der Waals surface area contributed by atoms with E-state index >= 15 is 0 Å². The van der Waals surface area contributed by atoms with Gasteiger partial charge in [0.25, 0.3) is 0 Å². The Bertz CT molecular complexity index is 218. The zero-order valence-corrected chi connectivity index (χ0v) is 14.3. The van der Waals surface area contributed by atoms with Crippen molar-refractivity contribution < 1.29 is 9.84 Å². The third kappa shape index (κ3) is 10.3. The van der Waals surface area contributed by atoms with Crippen LogP contribution in [0, 0.1) is 5.92 Å². The summed E-state index contributed by atoms with van der Waals surface area (Å²) in [5.41, 5.74) is 0. The minimum Gasteiger partial charge on any atom is -0.394 e. The molecule has 1 aliphatic rings. The summed E-state index contributed by atoms with van der Waals surface area (Å²) in [4.78, 5) is 0. The van der Waals surface area contributed by atoms with Crippen molar-refractivity contribution in [3.05, 3.63) is 0 Å². The standard InChI is InChI=1S/C19H38O2/c1-2-3-4-5-6-7-8-9-10-11-12-13-14-18-15-19(16-20)21-17-18/h18-20H,2-17H2,1H3/t18-,19+/m0/s1. The highest BCUT2D eigenvalue weighted by molar-refractivity contribution is 4.72.